The van der Waals surface area contributed by atoms with E-state index >= 15 is 0 Å². The normalized spacial score (nSPS) is 11.0. The Morgan fingerprint density at radius 3 is 2.71 bits per heavy atom. The zero-order valence-electron chi connectivity index (χ0n) is 10.5. The number of amides is 1. The molecule has 1 amide bonds. The molecule has 1 N–H and O–H groups in total. The van der Waals surface area contributed by atoms with Crippen molar-refractivity contribution in [2.24, 2.45) is 0 Å². The predicted molar refractivity (Wildman–Crippen MR) is 66.9 cm³/mol. The van der Waals surface area contributed by atoms with E-state index in [2.05, 4.69) is 11.6 Å². The zero-order valence-corrected chi connectivity index (χ0v) is 10.5. The second-order valence-electron chi connectivity index (χ2n) is 4.75. The van der Waals surface area contributed by atoms with Crippen molar-refractivity contribution in [1.82, 2.24) is 9.88 Å². The molecular weight excluding hydrogens is 216 g/mol. The molecule has 1 heterocycles. The van der Waals surface area contributed by atoms with E-state index in [1.807, 2.05) is 20.8 Å². The van der Waals surface area contributed by atoms with Gasteiger partial charge in [-0.3, -0.25) is 4.79 Å². The van der Waals surface area contributed by atoms with Crippen molar-refractivity contribution in [2.75, 3.05) is 6.54 Å². The predicted octanol–water partition coefficient (Wildman–Crippen LogP) is 2.21. The summed E-state index contributed by atoms with van der Waals surface area (Å²) in [5.74, 6) is -0.397. The van der Waals surface area contributed by atoms with Gasteiger partial charge in [-0.15, -0.1) is 6.58 Å². The van der Waals surface area contributed by atoms with Gasteiger partial charge in [0.05, 0.1) is 0 Å². The highest BCUT2D eigenvalue weighted by molar-refractivity contribution is 5.95. The van der Waals surface area contributed by atoms with Crippen molar-refractivity contribution in [3.05, 3.63) is 36.7 Å². The SMILES string of the molecule is C=CCN(C(=O)c1ncccc1O)C(C)(C)C. The van der Waals surface area contributed by atoms with Crippen LogP contribution in [0.25, 0.3) is 0 Å². The fourth-order valence-electron chi connectivity index (χ4n) is 1.48. The topological polar surface area (TPSA) is 53.4 Å². The number of hydrogen-bond donors (Lipinski definition) is 1. The Kier molecular flexibility index (Phi) is 3.89. The first-order chi connectivity index (χ1) is 7.88. The molecule has 0 aliphatic heterocycles. The van der Waals surface area contributed by atoms with Crippen LogP contribution in [-0.4, -0.2) is 33.0 Å². The van der Waals surface area contributed by atoms with Gasteiger partial charge in [-0.05, 0) is 32.9 Å². The van der Waals surface area contributed by atoms with Crippen LogP contribution < -0.4 is 0 Å². The average Bonchev–Trinajstić information content (AvgIpc) is 2.24. The van der Waals surface area contributed by atoms with Gasteiger partial charge < -0.3 is 10.0 Å². The lowest BCUT2D eigenvalue weighted by Crippen LogP contribution is -2.45. The monoisotopic (exact) mass is 234 g/mol. The summed E-state index contributed by atoms with van der Waals surface area (Å²) in [6.07, 6.45) is 3.14. The maximum atomic E-state index is 12.3. The first kappa shape index (κ1) is 13.2. The van der Waals surface area contributed by atoms with Crippen molar-refractivity contribution in [3.8, 4) is 5.75 Å². The van der Waals surface area contributed by atoms with Gasteiger partial charge in [-0.2, -0.15) is 0 Å². The van der Waals surface area contributed by atoms with Crippen molar-refractivity contribution in [2.45, 2.75) is 26.3 Å². The highest BCUT2D eigenvalue weighted by atomic mass is 16.3. The molecule has 0 unspecified atom stereocenters. The third-order valence-electron chi connectivity index (χ3n) is 2.36. The third-order valence-corrected chi connectivity index (χ3v) is 2.36. The van der Waals surface area contributed by atoms with Gasteiger partial charge in [0.15, 0.2) is 5.69 Å². The van der Waals surface area contributed by atoms with Gasteiger partial charge >= 0.3 is 0 Å². The van der Waals surface area contributed by atoms with E-state index in [0.717, 1.165) is 0 Å². The van der Waals surface area contributed by atoms with Gasteiger partial charge in [-0.25, -0.2) is 4.98 Å². The first-order valence-corrected chi connectivity index (χ1v) is 5.44. The summed E-state index contributed by atoms with van der Waals surface area (Å²) >= 11 is 0. The van der Waals surface area contributed by atoms with Crippen LogP contribution in [0.2, 0.25) is 0 Å². The van der Waals surface area contributed by atoms with Gasteiger partial charge in [-0.1, -0.05) is 6.08 Å². The average molecular weight is 234 g/mol. The number of nitrogens with zero attached hydrogens (tertiary/aromatic N) is 2. The Morgan fingerprint density at radius 2 is 2.24 bits per heavy atom. The number of aromatic nitrogens is 1. The molecule has 0 spiro atoms. The van der Waals surface area contributed by atoms with Crippen LogP contribution in [0.4, 0.5) is 0 Å². The van der Waals surface area contributed by atoms with Gasteiger partial charge in [0.2, 0.25) is 0 Å². The number of carbonyl (C=O) groups is 1. The molecule has 17 heavy (non-hydrogen) atoms. The smallest absolute Gasteiger partial charge is 0.277 e. The molecule has 1 rings (SSSR count). The molecule has 1 aromatic rings. The molecule has 0 bridgehead atoms. The third kappa shape index (κ3) is 3.06. The van der Waals surface area contributed by atoms with E-state index in [9.17, 15) is 9.90 Å². The number of pyridine rings is 1. The van der Waals surface area contributed by atoms with E-state index in [1.165, 1.54) is 12.3 Å². The Morgan fingerprint density at radius 1 is 1.59 bits per heavy atom. The number of aromatic hydroxyl groups is 1. The van der Waals surface area contributed by atoms with E-state index < -0.39 is 0 Å². The largest absolute Gasteiger partial charge is 0.505 e. The molecular formula is C13H18N2O2. The van der Waals surface area contributed by atoms with E-state index in [-0.39, 0.29) is 22.9 Å². The second-order valence-corrected chi connectivity index (χ2v) is 4.75. The summed E-state index contributed by atoms with van der Waals surface area (Å²) in [6.45, 7) is 9.83. The Hall–Kier alpha value is -1.84. The van der Waals surface area contributed by atoms with Crippen molar-refractivity contribution >= 4 is 5.91 Å². The highest BCUT2D eigenvalue weighted by Gasteiger charge is 2.28. The molecule has 0 aromatic carbocycles. The van der Waals surface area contributed by atoms with Crippen LogP contribution in [0.15, 0.2) is 31.0 Å². The molecule has 0 radical (unpaired) electrons. The van der Waals surface area contributed by atoms with Crippen LogP contribution in [0.5, 0.6) is 5.75 Å². The molecule has 1 aromatic heterocycles. The summed E-state index contributed by atoms with van der Waals surface area (Å²) in [7, 11) is 0. The molecule has 0 saturated carbocycles. The quantitative estimate of drug-likeness (QED) is 0.816. The van der Waals surface area contributed by atoms with Crippen molar-refractivity contribution in [3.63, 3.8) is 0 Å². The molecule has 92 valence electrons. The number of hydrogen-bond acceptors (Lipinski definition) is 3. The molecule has 0 aliphatic rings. The maximum Gasteiger partial charge on any atom is 0.277 e. The van der Waals surface area contributed by atoms with Crippen molar-refractivity contribution in [1.29, 1.82) is 0 Å². The van der Waals surface area contributed by atoms with Gasteiger partial charge in [0, 0.05) is 18.3 Å². The van der Waals surface area contributed by atoms with Gasteiger partial charge in [0.25, 0.3) is 5.91 Å². The fraction of sp³-hybridized carbons (Fsp3) is 0.385. The van der Waals surface area contributed by atoms with Crippen LogP contribution >= 0.6 is 0 Å². The van der Waals surface area contributed by atoms with Crippen LogP contribution in [-0.2, 0) is 0 Å². The highest BCUT2D eigenvalue weighted by Crippen LogP contribution is 2.20. The zero-order chi connectivity index (χ0) is 13.1. The second kappa shape index (κ2) is 4.99. The minimum absolute atomic E-state index is 0.0734. The maximum absolute atomic E-state index is 12.3. The lowest BCUT2D eigenvalue weighted by Gasteiger charge is -2.34. The summed E-state index contributed by atoms with van der Waals surface area (Å²) in [5.41, 5.74) is -0.279. The van der Waals surface area contributed by atoms with E-state index in [1.54, 1.807) is 17.0 Å². The number of rotatable bonds is 3. The minimum atomic E-state index is -0.352. The summed E-state index contributed by atoms with van der Waals surface area (Å²) in [4.78, 5) is 17.8. The van der Waals surface area contributed by atoms with Gasteiger partial charge in [0.1, 0.15) is 5.75 Å². The van der Waals surface area contributed by atoms with Crippen LogP contribution in [0.1, 0.15) is 31.3 Å². The van der Waals surface area contributed by atoms with Crippen molar-refractivity contribution < 1.29 is 9.90 Å². The Balaban J connectivity index is 3.09. The summed E-state index contributed by atoms with van der Waals surface area (Å²) in [6, 6.07) is 3.04. The molecule has 0 atom stereocenters. The Bertz CT molecular complexity index is 422. The Labute approximate surface area is 102 Å². The van der Waals surface area contributed by atoms with E-state index in [4.69, 9.17) is 0 Å². The molecule has 0 fully saturated rings. The fourth-order valence-corrected chi connectivity index (χ4v) is 1.48. The van der Waals surface area contributed by atoms with E-state index in [0.29, 0.717) is 6.54 Å². The first-order valence-electron chi connectivity index (χ1n) is 5.44. The lowest BCUT2D eigenvalue weighted by atomic mass is 10.1. The van der Waals surface area contributed by atoms with Crippen LogP contribution in [0.3, 0.4) is 0 Å². The standard InChI is InChI=1S/C13H18N2O2/c1-5-9-15(13(2,3)4)12(17)11-10(16)7-6-8-14-11/h5-8,16H,1,9H2,2-4H3. The number of carbonyl (C=O) groups excluding carboxylic acids is 1. The summed E-state index contributed by atoms with van der Waals surface area (Å²) in [5, 5.41) is 9.63. The summed E-state index contributed by atoms with van der Waals surface area (Å²) < 4.78 is 0. The van der Waals surface area contributed by atoms with Crippen LogP contribution in [0, 0.1) is 0 Å². The molecule has 0 aliphatic carbocycles. The lowest BCUT2D eigenvalue weighted by molar-refractivity contribution is 0.0607. The molecule has 0 saturated heterocycles. The molecule has 4 heteroatoms. The molecule has 4 nitrogen and oxygen atoms in total. The minimum Gasteiger partial charge on any atom is -0.505 e.